The van der Waals surface area contributed by atoms with Crippen LogP contribution in [0.1, 0.15) is 45.9 Å². The third-order valence-electron chi connectivity index (χ3n) is 5.50. The molecule has 0 saturated heterocycles. The van der Waals surface area contributed by atoms with E-state index in [0.29, 0.717) is 5.56 Å². The number of anilines is 1. The third kappa shape index (κ3) is 5.36. The molecule has 4 rings (SSSR count). The zero-order valence-electron chi connectivity index (χ0n) is 17.6. The first-order valence-corrected chi connectivity index (χ1v) is 11.6. The summed E-state index contributed by atoms with van der Waals surface area (Å²) in [6, 6.07) is 23.5. The number of carbonyl (C=O) groups excluding carboxylic acids is 2. The molecule has 0 radical (unpaired) electrons. The molecule has 1 aliphatic rings. The van der Waals surface area contributed by atoms with E-state index in [0.717, 1.165) is 35.4 Å². The van der Waals surface area contributed by atoms with Crippen LogP contribution < -0.4 is 10.6 Å². The predicted molar refractivity (Wildman–Crippen MR) is 127 cm³/mol. The second-order valence-corrected chi connectivity index (χ2v) is 8.83. The van der Waals surface area contributed by atoms with E-state index in [9.17, 15) is 9.59 Å². The molecule has 158 valence electrons. The Hall–Kier alpha value is -3.05. The SMILES string of the molecule is Cc1ccc(NC(=O)CSc2ccccc2C(=O)NC2CCCc3ccccc32)cc1. The minimum absolute atomic E-state index is 0.0281. The molecule has 0 aliphatic heterocycles. The molecule has 0 bridgehead atoms. The Balaban J connectivity index is 1.41. The average Bonchev–Trinajstić information content (AvgIpc) is 2.80. The summed E-state index contributed by atoms with van der Waals surface area (Å²) in [5.74, 6) is 0.0544. The Labute approximate surface area is 187 Å². The van der Waals surface area contributed by atoms with Crippen LogP contribution in [0.4, 0.5) is 5.69 Å². The van der Waals surface area contributed by atoms with Gasteiger partial charge in [0, 0.05) is 10.6 Å². The molecule has 0 heterocycles. The fourth-order valence-electron chi connectivity index (χ4n) is 3.90. The highest BCUT2D eigenvalue weighted by Gasteiger charge is 2.23. The lowest BCUT2D eigenvalue weighted by Crippen LogP contribution is -2.31. The molecule has 0 spiro atoms. The fraction of sp³-hybridized carbons (Fsp3) is 0.231. The van der Waals surface area contributed by atoms with Crippen LogP contribution >= 0.6 is 11.8 Å². The fourth-order valence-corrected chi connectivity index (χ4v) is 4.75. The lowest BCUT2D eigenvalue weighted by Gasteiger charge is -2.26. The molecular weight excluding hydrogens is 404 g/mol. The minimum atomic E-state index is -0.0938. The van der Waals surface area contributed by atoms with E-state index < -0.39 is 0 Å². The summed E-state index contributed by atoms with van der Waals surface area (Å²) in [5, 5.41) is 6.12. The summed E-state index contributed by atoms with van der Waals surface area (Å²) < 4.78 is 0. The maximum absolute atomic E-state index is 13.1. The maximum atomic E-state index is 13.1. The molecule has 0 fully saturated rings. The summed E-state index contributed by atoms with van der Waals surface area (Å²) in [6.45, 7) is 2.01. The standard InChI is InChI=1S/C26H26N2O2S/c1-18-13-15-20(16-14-18)27-25(29)17-31-24-12-5-4-10-22(24)26(30)28-23-11-6-8-19-7-2-3-9-21(19)23/h2-5,7,9-10,12-16,23H,6,8,11,17H2,1H3,(H,27,29)(H,28,30). The van der Waals surface area contributed by atoms with Crippen molar-refractivity contribution in [3.63, 3.8) is 0 Å². The number of thioether (sulfide) groups is 1. The third-order valence-corrected chi connectivity index (χ3v) is 6.57. The monoisotopic (exact) mass is 430 g/mol. The molecule has 3 aromatic rings. The Kier molecular flexibility index (Phi) is 6.73. The number of carbonyl (C=O) groups is 2. The van der Waals surface area contributed by atoms with Crippen LogP contribution in [0.15, 0.2) is 77.7 Å². The van der Waals surface area contributed by atoms with Crippen molar-refractivity contribution in [1.82, 2.24) is 5.32 Å². The zero-order valence-corrected chi connectivity index (χ0v) is 18.4. The van der Waals surface area contributed by atoms with Crippen molar-refractivity contribution in [2.75, 3.05) is 11.1 Å². The van der Waals surface area contributed by atoms with Gasteiger partial charge in [0.2, 0.25) is 5.91 Å². The van der Waals surface area contributed by atoms with Crippen molar-refractivity contribution < 1.29 is 9.59 Å². The minimum Gasteiger partial charge on any atom is -0.345 e. The van der Waals surface area contributed by atoms with Crippen LogP contribution in [0.25, 0.3) is 0 Å². The molecule has 2 N–H and O–H groups in total. The first-order chi connectivity index (χ1) is 15.1. The van der Waals surface area contributed by atoms with Gasteiger partial charge in [0.15, 0.2) is 0 Å². The number of aryl methyl sites for hydroxylation is 2. The van der Waals surface area contributed by atoms with E-state index in [1.807, 2.05) is 61.5 Å². The maximum Gasteiger partial charge on any atom is 0.252 e. The first-order valence-electron chi connectivity index (χ1n) is 10.6. The van der Waals surface area contributed by atoms with Crippen LogP contribution in [0.3, 0.4) is 0 Å². The predicted octanol–water partition coefficient (Wildman–Crippen LogP) is 5.53. The number of amides is 2. The van der Waals surface area contributed by atoms with Gasteiger partial charge in [-0.05, 0) is 61.6 Å². The molecule has 5 heteroatoms. The average molecular weight is 431 g/mol. The topological polar surface area (TPSA) is 58.2 Å². The van der Waals surface area contributed by atoms with Crippen LogP contribution in [0, 0.1) is 6.92 Å². The van der Waals surface area contributed by atoms with Crippen LogP contribution in [0.2, 0.25) is 0 Å². The van der Waals surface area contributed by atoms with Gasteiger partial charge in [0.25, 0.3) is 5.91 Å². The van der Waals surface area contributed by atoms with Crippen molar-refractivity contribution in [1.29, 1.82) is 0 Å². The van der Waals surface area contributed by atoms with Crippen LogP contribution in [-0.4, -0.2) is 17.6 Å². The lowest BCUT2D eigenvalue weighted by molar-refractivity contribution is -0.113. The second kappa shape index (κ2) is 9.84. The smallest absolute Gasteiger partial charge is 0.252 e. The Morgan fingerprint density at radius 3 is 2.55 bits per heavy atom. The highest BCUT2D eigenvalue weighted by Crippen LogP contribution is 2.30. The van der Waals surface area contributed by atoms with Gasteiger partial charge in [0.05, 0.1) is 17.4 Å². The van der Waals surface area contributed by atoms with Gasteiger partial charge in [0.1, 0.15) is 0 Å². The van der Waals surface area contributed by atoms with Gasteiger partial charge in [-0.25, -0.2) is 0 Å². The van der Waals surface area contributed by atoms with Gasteiger partial charge >= 0.3 is 0 Å². The summed E-state index contributed by atoms with van der Waals surface area (Å²) in [4.78, 5) is 26.3. The second-order valence-electron chi connectivity index (χ2n) is 7.82. The van der Waals surface area contributed by atoms with E-state index in [2.05, 4.69) is 28.8 Å². The number of hydrogen-bond donors (Lipinski definition) is 2. The summed E-state index contributed by atoms with van der Waals surface area (Å²) in [7, 11) is 0. The largest absolute Gasteiger partial charge is 0.345 e. The molecule has 1 atom stereocenters. The van der Waals surface area contributed by atoms with E-state index >= 15 is 0 Å². The molecule has 0 aromatic heterocycles. The van der Waals surface area contributed by atoms with Gasteiger partial charge < -0.3 is 10.6 Å². The lowest BCUT2D eigenvalue weighted by atomic mass is 9.87. The van der Waals surface area contributed by atoms with Crippen molar-refractivity contribution in [2.24, 2.45) is 0 Å². The van der Waals surface area contributed by atoms with Gasteiger partial charge in [-0.2, -0.15) is 0 Å². The molecule has 1 aliphatic carbocycles. The van der Waals surface area contributed by atoms with E-state index in [1.54, 1.807) is 0 Å². The van der Waals surface area contributed by atoms with E-state index in [-0.39, 0.29) is 23.6 Å². The molecular formula is C26H26N2O2S. The quantitative estimate of drug-likeness (QED) is 0.505. The van der Waals surface area contributed by atoms with Crippen LogP contribution in [-0.2, 0) is 11.2 Å². The molecule has 2 amide bonds. The Morgan fingerprint density at radius 1 is 0.968 bits per heavy atom. The van der Waals surface area contributed by atoms with Gasteiger partial charge in [-0.1, -0.05) is 54.1 Å². The highest BCUT2D eigenvalue weighted by molar-refractivity contribution is 8.00. The Morgan fingerprint density at radius 2 is 1.71 bits per heavy atom. The zero-order chi connectivity index (χ0) is 21.6. The van der Waals surface area contributed by atoms with Crippen LogP contribution in [0.5, 0.6) is 0 Å². The van der Waals surface area contributed by atoms with Crippen molar-refractivity contribution in [3.05, 3.63) is 95.1 Å². The molecule has 0 saturated carbocycles. The number of rotatable bonds is 6. The number of hydrogen-bond acceptors (Lipinski definition) is 3. The van der Waals surface area contributed by atoms with Gasteiger partial charge in [-0.3, -0.25) is 9.59 Å². The Bertz CT molecular complexity index is 1080. The summed E-state index contributed by atoms with van der Waals surface area (Å²) >= 11 is 1.38. The highest BCUT2D eigenvalue weighted by atomic mass is 32.2. The molecule has 3 aromatic carbocycles. The summed E-state index contributed by atoms with van der Waals surface area (Å²) in [6.07, 6.45) is 3.07. The van der Waals surface area contributed by atoms with E-state index in [4.69, 9.17) is 0 Å². The van der Waals surface area contributed by atoms with Crippen molar-refractivity contribution in [3.8, 4) is 0 Å². The number of benzene rings is 3. The molecule has 31 heavy (non-hydrogen) atoms. The number of fused-ring (bicyclic) bond motifs is 1. The van der Waals surface area contributed by atoms with Crippen molar-refractivity contribution in [2.45, 2.75) is 37.1 Å². The molecule has 4 nitrogen and oxygen atoms in total. The molecule has 1 unspecified atom stereocenters. The van der Waals surface area contributed by atoms with Gasteiger partial charge in [-0.15, -0.1) is 11.8 Å². The normalized spacial score (nSPS) is 15.1. The number of nitrogens with one attached hydrogen (secondary N) is 2. The first kappa shape index (κ1) is 21.2. The van der Waals surface area contributed by atoms with E-state index in [1.165, 1.54) is 22.9 Å². The van der Waals surface area contributed by atoms with Crippen molar-refractivity contribution >= 4 is 29.3 Å². The summed E-state index contributed by atoms with van der Waals surface area (Å²) in [5.41, 5.74) is 5.06.